The lowest BCUT2D eigenvalue weighted by atomic mass is 10.0. The summed E-state index contributed by atoms with van der Waals surface area (Å²) in [5, 5.41) is 23.2. The summed E-state index contributed by atoms with van der Waals surface area (Å²) in [6.07, 6.45) is 77.0. The van der Waals surface area contributed by atoms with Crippen molar-refractivity contribution in [3.05, 3.63) is 12.2 Å². The standard InChI is InChI=1S/C67H131NO5/c1-3-5-7-9-11-13-15-17-19-20-21-26-29-32-35-39-43-47-51-55-59-65(70)64(63-69)68-66(71)60-56-52-48-44-40-36-33-30-27-24-22-23-25-28-31-34-38-42-46-50-54-58-62-73-67(72)61-57-53-49-45-41-37-18-16-14-12-10-8-6-4-2/h55,59,64-65,69-70H,3-54,56-58,60-63H2,1-2H3,(H,68,71)/b59-55+. The van der Waals surface area contributed by atoms with Crippen molar-refractivity contribution in [1.29, 1.82) is 0 Å². The highest BCUT2D eigenvalue weighted by atomic mass is 16.5. The first-order chi connectivity index (χ1) is 36.0. The zero-order valence-electron chi connectivity index (χ0n) is 49.6. The second-order valence-corrected chi connectivity index (χ2v) is 23.2. The second kappa shape index (κ2) is 63.1. The maximum absolute atomic E-state index is 12.5. The Labute approximate surface area is 457 Å². The van der Waals surface area contributed by atoms with Crippen LogP contribution < -0.4 is 5.32 Å². The Morgan fingerprint density at radius 3 is 0.932 bits per heavy atom. The molecule has 2 unspecified atom stereocenters. The molecule has 0 fully saturated rings. The van der Waals surface area contributed by atoms with Crippen molar-refractivity contribution in [3.63, 3.8) is 0 Å². The monoisotopic (exact) mass is 1030 g/mol. The zero-order chi connectivity index (χ0) is 52.9. The summed E-state index contributed by atoms with van der Waals surface area (Å²) in [4.78, 5) is 24.6. The van der Waals surface area contributed by atoms with Gasteiger partial charge in [0.1, 0.15) is 0 Å². The summed E-state index contributed by atoms with van der Waals surface area (Å²) in [5.74, 6) is -0.0481. The van der Waals surface area contributed by atoms with Gasteiger partial charge in [-0.3, -0.25) is 9.59 Å². The minimum absolute atomic E-state index is 0.0159. The maximum atomic E-state index is 12.5. The van der Waals surface area contributed by atoms with E-state index in [-0.39, 0.29) is 18.5 Å². The number of aliphatic hydroxyl groups is 2. The van der Waals surface area contributed by atoms with E-state index in [1.54, 1.807) is 6.08 Å². The van der Waals surface area contributed by atoms with Gasteiger partial charge >= 0.3 is 5.97 Å². The molecule has 0 heterocycles. The van der Waals surface area contributed by atoms with Gasteiger partial charge in [0.2, 0.25) is 5.91 Å². The van der Waals surface area contributed by atoms with Gasteiger partial charge in [-0.05, 0) is 32.1 Å². The normalized spacial score (nSPS) is 12.5. The molecule has 0 aliphatic heterocycles. The van der Waals surface area contributed by atoms with Crippen LogP contribution in [0, 0.1) is 0 Å². The Bertz CT molecular complexity index is 1100. The highest BCUT2D eigenvalue weighted by molar-refractivity contribution is 5.76. The first-order valence-electron chi connectivity index (χ1n) is 33.5. The van der Waals surface area contributed by atoms with Crippen LogP contribution in [-0.2, 0) is 14.3 Å². The van der Waals surface area contributed by atoms with E-state index in [9.17, 15) is 19.8 Å². The Balaban J connectivity index is 3.40. The van der Waals surface area contributed by atoms with Crippen molar-refractivity contribution >= 4 is 11.9 Å². The SMILES string of the molecule is CCCCCCCCCCCCCCCCCCCC/C=C/C(O)C(CO)NC(=O)CCCCCCCCCCCCCCCCCCCCCCCCOC(=O)CCCCCCCCCCCCCCCC. The summed E-state index contributed by atoms with van der Waals surface area (Å²) < 4.78 is 5.49. The van der Waals surface area contributed by atoms with Crippen molar-refractivity contribution in [2.45, 2.75) is 392 Å². The third-order valence-corrected chi connectivity index (χ3v) is 15.8. The molecule has 6 heteroatoms. The Morgan fingerprint density at radius 1 is 0.370 bits per heavy atom. The van der Waals surface area contributed by atoms with E-state index in [0.29, 0.717) is 19.4 Å². The number of esters is 1. The van der Waals surface area contributed by atoms with Crippen molar-refractivity contribution in [2.24, 2.45) is 0 Å². The first kappa shape index (κ1) is 71.6. The highest BCUT2D eigenvalue weighted by Gasteiger charge is 2.18. The molecule has 0 saturated carbocycles. The van der Waals surface area contributed by atoms with Gasteiger partial charge in [-0.25, -0.2) is 0 Å². The van der Waals surface area contributed by atoms with Crippen LogP contribution in [0.2, 0.25) is 0 Å². The number of carbonyl (C=O) groups is 2. The Kier molecular flexibility index (Phi) is 61.9. The molecule has 1 amide bonds. The van der Waals surface area contributed by atoms with E-state index in [2.05, 4.69) is 19.2 Å². The minimum Gasteiger partial charge on any atom is -0.466 e. The van der Waals surface area contributed by atoms with E-state index >= 15 is 0 Å². The third kappa shape index (κ3) is 59.7. The summed E-state index contributed by atoms with van der Waals surface area (Å²) in [6, 6.07) is -0.628. The van der Waals surface area contributed by atoms with Crippen LogP contribution in [0.4, 0.5) is 0 Å². The van der Waals surface area contributed by atoms with Crippen LogP contribution >= 0.6 is 0 Å². The predicted molar refractivity (Wildman–Crippen MR) is 320 cm³/mol. The molecule has 0 spiro atoms. The van der Waals surface area contributed by atoms with E-state index < -0.39 is 12.1 Å². The van der Waals surface area contributed by atoms with Gasteiger partial charge < -0.3 is 20.3 Å². The summed E-state index contributed by atoms with van der Waals surface area (Å²) in [6.45, 7) is 4.94. The van der Waals surface area contributed by atoms with Gasteiger partial charge in [0.15, 0.2) is 0 Å². The van der Waals surface area contributed by atoms with Gasteiger partial charge in [-0.1, -0.05) is 347 Å². The number of rotatable bonds is 63. The molecular weight excluding hydrogens is 899 g/mol. The zero-order valence-corrected chi connectivity index (χ0v) is 49.6. The van der Waals surface area contributed by atoms with Crippen LogP contribution in [-0.4, -0.2) is 47.4 Å². The molecule has 0 aliphatic carbocycles. The van der Waals surface area contributed by atoms with E-state index in [1.807, 2.05) is 6.08 Å². The fraction of sp³-hybridized carbons (Fsp3) is 0.940. The number of amides is 1. The summed E-state index contributed by atoms with van der Waals surface area (Å²) in [7, 11) is 0. The number of hydrogen-bond donors (Lipinski definition) is 3. The van der Waals surface area contributed by atoms with E-state index in [1.165, 1.54) is 315 Å². The number of nitrogens with one attached hydrogen (secondary N) is 1. The largest absolute Gasteiger partial charge is 0.466 e. The topological polar surface area (TPSA) is 95.9 Å². The summed E-state index contributed by atoms with van der Waals surface area (Å²) in [5.41, 5.74) is 0. The average Bonchev–Trinajstić information content (AvgIpc) is 3.39. The molecule has 0 aromatic rings. The smallest absolute Gasteiger partial charge is 0.305 e. The summed E-state index contributed by atoms with van der Waals surface area (Å²) >= 11 is 0. The lowest BCUT2D eigenvalue weighted by molar-refractivity contribution is -0.143. The lowest BCUT2D eigenvalue weighted by Crippen LogP contribution is -2.45. The molecule has 3 N–H and O–H groups in total. The first-order valence-corrected chi connectivity index (χ1v) is 33.5. The van der Waals surface area contributed by atoms with Gasteiger partial charge in [0, 0.05) is 12.8 Å². The highest BCUT2D eigenvalue weighted by Crippen LogP contribution is 2.19. The predicted octanol–water partition coefficient (Wildman–Crippen LogP) is 21.2. The van der Waals surface area contributed by atoms with Crippen molar-refractivity contribution in [2.75, 3.05) is 13.2 Å². The molecule has 0 saturated heterocycles. The molecule has 0 bridgehead atoms. The fourth-order valence-electron chi connectivity index (χ4n) is 10.7. The van der Waals surface area contributed by atoms with Gasteiger partial charge in [-0.15, -0.1) is 0 Å². The lowest BCUT2D eigenvalue weighted by Gasteiger charge is -2.20. The molecule has 73 heavy (non-hydrogen) atoms. The number of allylic oxidation sites excluding steroid dienone is 1. The molecule has 6 nitrogen and oxygen atoms in total. The molecule has 0 rings (SSSR count). The Hall–Kier alpha value is -1.40. The average molecular weight is 1030 g/mol. The second-order valence-electron chi connectivity index (χ2n) is 23.2. The van der Waals surface area contributed by atoms with Crippen molar-refractivity contribution in [3.8, 4) is 0 Å². The molecule has 434 valence electrons. The third-order valence-electron chi connectivity index (χ3n) is 15.8. The number of unbranched alkanes of at least 4 members (excludes halogenated alkanes) is 52. The number of ether oxygens (including phenoxy) is 1. The fourth-order valence-corrected chi connectivity index (χ4v) is 10.7. The minimum atomic E-state index is -0.845. The molecule has 0 aromatic heterocycles. The van der Waals surface area contributed by atoms with Crippen LogP contribution in [0.25, 0.3) is 0 Å². The molecule has 0 aromatic carbocycles. The van der Waals surface area contributed by atoms with Crippen LogP contribution in [0.15, 0.2) is 12.2 Å². The van der Waals surface area contributed by atoms with E-state index in [4.69, 9.17) is 4.74 Å². The van der Waals surface area contributed by atoms with Crippen LogP contribution in [0.3, 0.4) is 0 Å². The van der Waals surface area contributed by atoms with Crippen molar-refractivity contribution in [1.82, 2.24) is 5.32 Å². The maximum Gasteiger partial charge on any atom is 0.305 e. The quantitative estimate of drug-likeness (QED) is 0.0320. The van der Waals surface area contributed by atoms with Gasteiger partial charge in [0.05, 0.1) is 25.4 Å². The molecule has 0 aliphatic rings. The number of carbonyl (C=O) groups excluding carboxylic acids is 2. The van der Waals surface area contributed by atoms with Gasteiger partial charge in [0.25, 0.3) is 0 Å². The number of aliphatic hydroxyl groups excluding tert-OH is 2. The van der Waals surface area contributed by atoms with Gasteiger partial charge in [-0.2, -0.15) is 0 Å². The van der Waals surface area contributed by atoms with Crippen molar-refractivity contribution < 1.29 is 24.5 Å². The Morgan fingerprint density at radius 2 is 0.630 bits per heavy atom. The van der Waals surface area contributed by atoms with Crippen LogP contribution in [0.5, 0.6) is 0 Å². The number of hydrogen-bond acceptors (Lipinski definition) is 5. The van der Waals surface area contributed by atoms with E-state index in [0.717, 1.165) is 38.5 Å². The molecule has 0 radical (unpaired) electrons. The molecular formula is C67H131NO5. The van der Waals surface area contributed by atoms with Crippen LogP contribution in [0.1, 0.15) is 380 Å². The molecule has 2 atom stereocenters.